The normalized spacial score (nSPS) is 14.7. The first kappa shape index (κ1) is 21.8. The topological polar surface area (TPSA) is 100 Å². The molecule has 7 nitrogen and oxygen atoms in total. The van der Waals surface area contributed by atoms with Gasteiger partial charge in [-0.1, -0.05) is 11.6 Å². The molecule has 0 aromatic heterocycles. The van der Waals surface area contributed by atoms with Crippen molar-refractivity contribution in [2.45, 2.75) is 30.2 Å². The molecule has 158 valence electrons. The van der Waals surface area contributed by atoms with Gasteiger partial charge in [-0.05, 0) is 43.5 Å². The molecule has 0 spiro atoms. The number of anilines is 1. The molecule has 0 unspecified atom stereocenters. The zero-order valence-electron chi connectivity index (χ0n) is 16.6. The van der Waals surface area contributed by atoms with Crippen LogP contribution >= 0.6 is 11.6 Å². The van der Waals surface area contributed by atoms with Gasteiger partial charge >= 0.3 is 0 Å². The van der Waals surface area contributed by atoms with Crippen molar-refractivity contribution in [3.63, 3.8) is 0 Å². The summed E-state index contributed by atoms with van der Waals surface area (Å²) in [6.45, 7) is 0. The second-order valence-electron chi connectivity index (χ2n) is 6.77. The molecule has 3 rings (SSSR count). The molecule has 0 heterocycles. The summed E-state index contributed by atoms with van der Waals surface area (Å²) < 4.78 is 36.9. The van der Waals surface area contributed by atoms with Crippen LogP contribution in [0.3, 0.4) is 0 Å². The van der Waals surface area contributed by atoms with Crippen molar-refractivity contribution in [2.75, 3.05) is 19.5 Å². The van der Waals surface area contributed by atoms with E-state index in [-0.39, 0.29) is 16.8 Å². The maximum absolute atomic E-state index is 13.2. The molecular weight excluding hydrogens is 426 g/mol. The number of hydrogen-bond acceptors (Lipinski definition) is 7. The lowest BCUT2D eigenvalue weighted by Crippen LogP contribution is -2.38. The van der Waals surface area contributed by atoms with Crippen LogP contribution in [-0.4, -0.2) is 28.7 Å². The maximum Gasteiger partial charge on any atom is 0.220 e. The van der Waals surface area contributed by atoms with E-state index in [9.17, 15) is 13.7 Å². The van der Waals surface area contributed by atoms with Crippen molar-refractivity contribution in [1.29, 1.82) is 5.26 Å². The smallest absolute Gasteiger partial charge is 0.220 e. The Morgan fingerprint density at radius 2 is 1.70 bits per heavy atom. The summed E-state index contributed by atoms with van der Waals surface area (Å²) in [5.74, 6) is 1.17. The Balaban J connectivity index is 2.07. The van der Waals surface area contributed by atoms with Gasteiger partial charge in [0.05, 0.1) is 19.1 Å². The Hall–Kier alpha value is -2.89. The molecule has 0 atom stereocenters. The first-order valence-electron chi connectivity index (χ1n) is 9.29. The van der Waals surface area contributed by atoms with Crippen LogP contribution in [-0.2, 0) is 9.84 Å². The second kappa shape index (κ2) is 9.28. The average Bonchev–Trinajstić information content (AvgIpc) is 2.70. The number of ether oxygens (including phenoxy) is 2. The number of benzene rings is 2. The van der Waals surface area contributed by atoms with Crippen LogP contribution < -0.4 is 20.1 Å². The second-order valence-corrected chi connectivity index (χ2v) is 9.09. The van der Waals surface area contributed by atoms with Crippen LogP contribution in [0.4, 0.5) is 5.69 Å². The van der Waals surface area contributed by atoms with E-state index in [1.165, 1.54) is 38.5 Å². The monoisotopic (exact) mass is 447 g/mol. The van der Waals surface area contributed by atoms with E-state index in [4.69, 9.17) is 21.1 Å². The number of hydrogen-bond donors (Lipinski definition) is 2. The Kier molecular flexibility index (Phi) is 6.75. The summed E-state index contributed by atoms with van der Waals surface area (Å²) in [5, 5.41) is 16.4. The number of methoxy groups -OCH3 is 2. The number of nitrogens with one attached hydrogen (secondary N) is 2. The molecule has 2 N–H and O–H groups in total. The highest BCUT2D eigenvalue weighted by molar-refractivity contribution is 7.95. The minimum Gasteiger partial charge on any atom is -0.497 e. The highest BCUT2D eigenvalue weighted by Crippen LogP contribution is 2.30. The van der Waals surface area contributed by atoms with Crippen LogP contribution in [0.1, 0.15) is 19.3 Å². The van der Waals surface area contributed by atoms with Crippen LogP contribution in [0.2, 0.25) is 5.02 Å². The van der Waals surface area contributed by atoms with Crippen molar-refractivity contribution >= 4 is 27.1 Å². The molecule has 1 saturated carbocycles. The fourth-order valence-electron chi connectivity index (χ4n) is 2.92. The lowest BCUT2D eigenvalue weighted by atomic mass is 9.93. The molecule has 0 saturated heterocycles. The molecular formula is C21H22ClN3O4S. The molecule has 0 aliphatic heterocycles. The fourth-order valence-corrected chi connectivity index (χ4v) is 4.28. The molecule has 30 heavy (non-hydrogen) atoms. The quantitative estimate of drug-likeness (QED) is 0.588. The predicted molar refractivity (Wildman–Crippen MR) is 115 cm³/mol. The summed E-state index contributed by atoms with van der Waals surface area (Å²) in [5.41, 5.74) is 0.520. The highest BCUT2D eigenvalue weighted by atomic mass is 35.5. The van der Waals surface area contributed by atoms with E-state index in [0.29, 0.717) is 22.2 Å². The van der Waals surface area contributed by atoms with Crippen molar-refractivity contribution in [2.24, 2.45) is 0 Å². The first-order chi connectivity index (χ1) is 14.4. The highest BCUT2D eigenvalue weighted by Gasteiger charge is 2.28. The summed E-state index contributed by atoms with van der Waals surface area (Å²) in [7, 11) is -1.03. The Morgan fingerprint density at radius 1 is 1.10 bits per heavy atom. The molecule has 2 aromatic carbocycles. The standard InChI is InChI=1S/C21H22ClN3O4S/c1-28-17-10-16(11-18(12-17)29-2)25-21(24-15-4-3-5-15)20(13-23)30(26,27)19-8-6-14(22)7-9-19/h6-12,15,24-25H,3-5H2,1-2H3/b21-20+. The number of nitriles is 1. The van der Waals surface area contributed by atoms with Crippen LogP contribution in [0.15, 0.2) is 58.1 Å². The van der Waals surface area contributed by atoms with Crippen molar-refractivity contribution in [3.8, 4) is 17.6 Å². The number of halogens is 1. The van der Waals surface area contributed by atoms with E-state index in [0.717, 1.165) is 19.3 Å². The molecule has 2 aromatic rings. The Bertz CT molecular complexity index is 1070. The molecule has 1 fully saturated rings. The average molecular weight is 448 g/mol. The lowest BCUT2D eigenvalue weighted by Gasteiger charge is -2.29. The molecule has 0 radical (unpaired) electrons. The minimum atomic E-state index is -4.08. The van der Waals surface area contributed by atoms with Gasteiger partial charge in [-0.15, -0.1) is 0 Å². The Labute approximate surface area is 181 Å². The van der Waals surface area contributed by atoms with Gasteiger partial charge in [0.1, 0.15) is 23.4 Å². The van der Waals surface area contributed by atoms with E-state index < -0.39 is 14.7 Å². The molecule has 0 amide bonds. The zero-order valence-corrected chi connectivity index (χ0v) is 18.2. The van der Waals surface area contributed by atoms with E-state index in [2.05, 4.69) is 10.6 Å². The SMILES string of the molecule is COc1cc(N/C(NC2CCC2)=C(\C#N)S(=O)(=O)c2ccc(Cl)cc2)cc(OC)c1. The van der Waals surface area contributed by atoms with Gasteiger partial charge in [0, 0.05) is 35.0 Å². The van der Waals surface area contributed by atoms with Gasteiger partial charge in [-0.3, -0.25) is 0 Å². The third-order valence-corrected chi connectivity index (χ3v) is 6.77. The maximum atomic E-state index is 13.2. The van der Waals surface area contributed by atoms with Crippen molar-refractivity contribution in [1.82, 2.24) is 5.32 Å². The lowest BCUT2D eigenvalue weighted by molar-refractivity contribution is 0.365. The van der Waals surface area contributed by atoms with Crippen molar-refractivity contribution < 1.29 is 17.9 Å². The predicted octanol–water partition coefficient (Wildman–Crippen LogP) is 4.08. The third kappa shape index (κ3) is 4.81. The van der Waals surface area contributed by atoms with Gasteiger partial charge in [-0.25, -0.2) is 8.42 Å². The van der Waals surface area contributed by atoms with Gasteiger partial charge in [0.25, 0.3) is 0 Å². The van der Waals surface area contributed by atoms with E-state index >= 15 is 0 Å². The number of sulfone groups is 1. The fraction of sp³-hybridized carbons (Fsp3) is 0.286. The van der Waals surface area contributed by atoms with Crippen LogP contribution in [0.25, 0.3) is 0 Å². The van der Waals surface area contributed by atoms with Gasteiger partial charge in [0.2, 0.25) is 9.84 Å². The summed E-state index contributed by atoms with van der Waals surface area (Å²) >= 11 is 5.88. The largest absolute Gasteiger partial charge is 0.497 e. The summed E-state index contributed by atoms with van der Waals surface area (Å²) in [4.78, 5) is -0.417. The molecule has 1 aliphatic carbocycles. The molecule has 9 heteroatoms. The zero-order chi connectivity index (χ0) is 21.7. The van der Waals surface area contributed by atoms with Crippen molar-refractivity contribution in [3.05, 3.63) is 58.2 Å². The molecule has 1 aliphatic rings. The Morgan fingerprint density at radius 3 is 2.17 bits per heavy atom. The van der Waals surface area contributed by atoms with Gasteiger partial charge in [0.15, 0.2) is 4.91 Å². The number of nitrogens with zero attached hydrogens (tertiary/aromatic N) is 1. The first-order valence-corrected chi connectivity index (χ1v) is 11.1. The van der Waals surface area contributed by atoms with E-state index in [1.807, 2.05) is 6.07 Å². The number of allylic oxidation sites excluding steroid dienone is 1. The minimum absolute atomic E-state index is 0.0126. The van der Waals surface area contributed by atoms with Crippen LogP contribution in [0, 0.1) is 11.3 Å². The van der Waals surface area contributed by atoms with Gasteiger partial charge < -0.3 is 20.1 Å². The summed E-state index contributed by atoms with van der Waals surface area (Å²) in [6.07, 6.45) is 2.84. The number of rotatable bonds is 8. The third-order valence-electron chi connectivity index (χ3n) is 4.80. The summed E-state index contributed by atoms with van der Waals surface area (Å²) in [6, 6.07) is 12.7. The van der Waals surface area contributed by atoms with Crippen LogP contribution in [0.5, 0.6) is 11.5 Å². The van der Waals surface area contributed by atoms with Gasteiger partial charge in [-0.2, -0.15) is 5.26 Å². The van der Waals surface area contributed by atoms with E-state index in [1.54, 1.807) is 18.2 Å². The molecule has 0 bridgehead atoms.